The third kappa shape index (κ3) is 17.8. The van der Waals surface area contributed by atoms with Gasteiger partial charge < -0.3 is 39.4 Å². The summed E-state index contributed by atoms with van der Waals surface area (Å²) in [7, 11) is 0. The molecule has 20 rings (SSSR count). The van der Waals surface area contributed by atoms with E-state index in [9.17, 15) is 20.4 Å². The second-order valence-electron chi connectivity index (χ2n) is 39.9. The second kappa shape index (κ2) is 36.8. The predicted octanol–water partition coefficient (Wildman–Crippen LogP) is 34.0. The molecule has 0 bridgehead atoms. The number of phenolic OH excluding ortho intramolecular Hbond substituents is 4. The summed E-state index contributed by atoms with van der Waals surface area (Å²) in [5, 5.41) is 67.5. The van der Waals surface area contributed by atoms with Crippen molar-refractivity contribution in [3.8, 4) is 135 Å². The molecular formula is C127H114O8. The van der Waals surface area contributed by atoms with E-state index in [-0.39, 0.29) is 44.7 Å². The number of benzene rings is 20. The molecule has 0 fully saturated rings. The molecule has 8 heteroatoms. The van der Waals surface area contributed by atoms with Crippen LogP contribution in [-0.4, -0.2) is 46.9 Å². The van der Waals surface area contributed by atoms with E-state index >= 15 is 0 Å². The van der Waals surface area contributed by atoms with Crippen LogP contribution in [0.1, 0.15) is 125 Å². The largest absolute Gasteiger partial charge is 0.507 e. The summed E-state index contributed by atoms with van der Waals surface area (Å²) in [6, 6.07) is 125. The van der Waals surface area contributed by atoms with E-state index < -0.39 is 0 Å². The van der Waals surface area contributed by atoms with E-state index in [1.54, 1.807) is 0 Å². The topological polar surface area (TPSA) is 118 Å². The maximum atomic E-state index is 12.4. The fourth-order valence-electron chi connectivity index (χ4n) is 19.3. The molecule has 0 unspecified atom stereocenters. The maximum Gasteiger partial charge on any atom is 0.131 e. The van der Waals surface area contributed by atoms with Gasteiger partial charge in [-0.1, -0.05) is 350 Å². The van der Waals surface area contributed by atoms with Crippen molar-refractivity contribution in [1.29, 1.82) is 0 Å². The third-order valence-corrected chi connectivity index (χ3v) is 26.6. The molecule has 670 valence electrons. The first kappa shape index (κ1) is 89.1. The molecule has 20 aromatic carbocycles. The number of rotatable bonds is 21. The van der Waals surface area contributed by atoms with Gasteiger partial charge in [0.1, 0.15) is 46.0 Å². The minimum atomic E-state index is -0.197. The fourth-order valence-corrected chi connectivity index (χ4v) is 19.3. The van der Waals surface area contributed by atoms with Gasteiger partial charge in [-0.25, -0.2) is 0 Å². The molecule has 0 spiro atoms. The Morgan fingerprint density at radius 1 is 0.170 bits per heavy atom. The number of aromatic hydroxyl groups is 4. The van der Waals surface area contributed by atoms with E-state index in [4.69, 9.17) is 18.9 Å². The van der Waals surface area contributed by atoms with E-state index in [1.165, 1.54) is 0 Å². The van der Waals surface area contributed by atoms with Crippen LogP contribution in [0, 0.1) is 0 Å². The number of hydrogen-bond donors (Lipinski definition) is 4. The van der Waals surface area contributed by atoms with Gasteiger partial charge in [0.05, 0.1) is 26.4 Å². The lowest BCUT2D eigenvalue weighted by Gasteiger charge is -2.24. The van der Waals surface area contributed by atoms with E-state index in [0.717, 1.165) is 222 Å². The lowest BCUT2D eigenvalue weighted by atomic mass is 9.81. The van der Waals surface area contributed by atoms with Crippen LogP contribution in [-0.2, 0) is 21.7 Å². The molecular weight excluding hydrogens is 1650 g/mol. The first-order valence-corrected chi connectivity index (χ1v) is 47.2. The number of para-hydroxylation sites is 4. The minimum Gasteiger partial charge on any atom is -0.507 e. The Labute approximate surface area is 792 Å². The molecule has 0 radical (unpaired) electrons. The molecule has 0 saturated carbocycles. The predicted molar refractivity (Wildman–Crippen MR) is 567 cm³/mol. The normalized spacial score (nSPS) is 12.0. The molecule has 0 heterocycles. The highest BCUT2D eigenvalue weighted by molar-refractivity contribution is 6.18. The van der Waals surface area contributed by atoms with Crippen molar-refractivity contribution in [1.82, 2.24) is 0 Å². The Bertz CT molecular complexity index is 7260. The lowest BCUT2D eigenvalue weighted by Crippen LogP contribution is -2.12. The zero-order valence-corrected chi connectivity index (χ0v) is 79.0. The molecule has 0 aliphatic heterocycles. The first-order chi connectivity index (χ1) is 65.2. The van der Waals surface area contributed by atoms with E-state index in [0.29, 0.717) is 44.3 Å². The highest BCUT2D eigenvalue weighted by Crippen LogP contribution is 2.55. The summed E-state index contributed by atoms with van der Waals surface area (Å²) in [6.07, 6.45) is 2.10. The zero-order valence-electron chi connectivity index (χ0n) is 79.0. The molecule has 8 nitrogen and oxygen atoms in total. The quantitative estimate of drug-likeness (QED) is 0.0415. The Kier molecular flexibility index (Phi) is 24.3. The van der Waals surface area contributed by atoms with Crippen LogP contribution < -0.4 is 18.9 Å². The van der Waals surface area contributed by atoms with Crippen LogP contribution in [0.4, 0.5) is 0 Å². The summed E-state index contributed by atoms with van der Waals surface area (Å²) >= 11 is 0. The number of ether oxygens (including phenoxy) is 4. The second-order valence-corrected chi connectivity index (χ2v) is 39.9. The lowest BCUT2D eigenvalue weighted by molar-refractivity contribution is 0.248. The number of unbranched alkanes of at least 4 members (excludes halogenated alkanes) is 1. The van der Waals surface area contributed by atoms with Gasteiger partial charge in [-0.2, -0.15) is 0 Å². The van der Waals surface area contributed by atoms with Crippen LogP contribution in [0.15, 0.2) is 364 Å². The molecule has 0 aliphatic carbocycles. The summed E-state index contributed by atoms with van der Waals surface area (Å²) in [5.74, 6) is 3.74. The molecule has 0 amide bonds. The highest BCUT2D eigenvalue weighted by Gasteiger charge is 2.31. The Morgan fingerprint density at radius 2 is 0.326 bits per heavy atom. The Hall–Kier alpha value is -15.1. The van der Waals surface area contributed by atoms with Gasteiger partial charge >= 0.3 is 0 Å². The van der Waals surface area contributed by atoms with E-state index in [1.807, 2.05) is 97.1 Å². The summed E-state index contributed by atoms with van der Waals surface area (Å²) < 4.78 is 26.3. The van der Waals surface area contributed by atoms with Gasteiger partial charge in [-0.15, -0.1) is 0 Å². The maximum absolute atomic E-state index is 12.4. The van der Waals surface area contributed by atoms with Gasteiger partial charge in [0, 0.05) is 95.4 Å². The highest BCUT2D eigenvalue weighted by atomic mass is 16.5. The van der Waals surface area contributed by atoms with Crippen LogP contribution in [0.5, 0.6) is 46.0 Å². The molecule has 0 atom stereocenters. The molecule has 0 saturated heterocycles. The van der Waals surface area contributed by atoms with Crippen molar-refractivity contribution in [3.63, 3.8) is 0 Å². The molecule has 20 aromatic rings. The summed E-state index contributed by atoms with van der Waals surface area (Å²) in [5.41, 5.74) is 17.3. The number of fused-ring (bicyclic) bond motifs is 8. The van der Waals surface area contributed by atoms with Crippen molar-refractivity contribution < 1.29 is 39.4 Å². The van der Waals surface area contributed by atoms with Gasteiger partial charge in [-0.3, -0.25) is 0 Å². The number of hydrogen-bond acceptors (Lipinski definition) is 8. The van der Waals surface area contributed by atoms with Gasteiger partial charge in [-0.05, 0) is 240 Å². The van der Waals surface area contributed by atoms with Crippen molar-refractivity contribution in [3.05, 3.63) is 386 Å². The van der Waals surface area contributed by atoms with Crippen LogP contribution in [0.2, 0.25) is 0 Å². The molecule has 4 N–H and O–H groups in total. The van der Waals surface area contributed by atoms with Crippen molar-refractivity contribution in [2.45, 2.75) is 124 Å². The molecule has 135 heavy (non-hydrogen) atoms. The number of phenols is 4. The Morgan fingerprint density at radius 3 is 0.511 bits per heavy atom. The zero-order chi connectivity index (χ0) is 93.6. The monoisotopic (exact) mass is 1770 g/mol. The van der Waals surface area contributed by atoms with Gasteiger partial charge in [0.2, 0.25) is 0 Å². The fraction of sp³-hybridized carbons (Fsp3) is 0.181. The van der Waals surface area contributed by atoms with E-state index in [2.05, 4.69) is 350 Å². The van der Waals surface area contributed by atoms with Crippen LogP contribution in [0.3, 0.4) is 0 Å². The van der Waals surface area contributed by atoms with Crippen molar-refractivity contribution >= 4 is 86.2 Å². The third-order valence-electron chi connectivity index (χ3n) is 26.6. The average molecular weight is 1770 g/mol. The van der Waals surface area contributed by atoms with Gasteiger partial charge in [0.25, 0.3) is 0 Å². The van der Waals surface area contributed by atoms with Crippen LogP contribution >= 0.6 is 0 Å². The summed E-state index contributed by atoms with van der Waals surface area (Å²) in [4.78, 5) is 0. The first-order valence-electron chi connectivity index (χ1n) is 47.2. The smallest absolute Gasteiger partial charge is 0.131 e. The standard InChI is InChI=1S/C64H58O4.C63H56O4/c1-63(2,3)45-37-53(61(65)55(39-45)59-47-25-11-7-21-41(47)35-42-22-8-12-26-48(42)59)51-29-15-17-31-57(51)67-33-19-20-34-68-58-32-18-16-30-52(58)54-38-46(64(4,5)6)40-56(62(54)66)60-49-27-13-9-23-43(49)36-44-24-10-14-28-50(44)60;1-62(2,3)44-36-52(60(64)54(38-44)58-46-24-11-7-20-40(46)34-41-21-8-12-25-47(41)58)50-28-15-17-30-56(50)66-32-19-33-67-57-31-18-16-29-51(57)53-37-45(63(4,5)6)39-55(61(53)65)59-48-26-13-9-22-42(48)35-43-23-10-14-27-49(43)59/h7-18,21-32,35-40,65-66H,19-20,33-34H2,1-6H3;7-18,20-31,34-39,64-65H,19,32-33H2,1-6H3. The van der Waals surface area contributed by atoms with Crippen molar-refractivity contribution in [2.75, 3.05) is 26.4 Å². The minimum absolute atomic E-state index is 0.186. The van der Waals surface area contributed by atoms with Gasteiger partial charge in [0.15, 0.2) is 0 Å². The summed E-state index contributed by atoms with van der Waals surface area (Å²) in [6.45, 7) is 28.3. The van der Waals surface area contributed by atoms with Crippen LogP contribution in [0.25, 0.3) is 175 Å². The SMILES string of the molecule is CC(C)(C)c1cc(-c2ccccc2OCCCCOc2ccccc2-c2cc(C(C)(C)C)cc(-c3c4ccccc4cc4ccccc34)c2O)c(O)c(-c2c3ccccc3cc3ccccc23)c1.CC(C)(C)c1cc(-c2ccccc2OCCCOc2ccccc2-c2cc(C(C)(C)C)cc(-c3c4ccccc4cc4ccccc34)c2O)c(O)c(-c2c3ccccc3cc3ccccc23)c1. The molecule has 0 aromatic heterocycles. The van der Waals surface area contributed by atoms with Crippen molar-refractivity contribution in [2.24, 2.45) is 0 Å². The Balaban J connectivity index is 0.000000173. The average Bonchev–Trinajstić information content (AvgIpc) is 0.752. The molecule has 0 aliphatic rings.